The number of rotatable bonds is 2. The largest absolute Gasteiger partial charge is 0.378 e. The lowest BCUT2D eigenvalue weighted by molar-refractivity contribution is 0.0865. The van der Waals surface area contributed by atoms with Crippen molar-refractivity contribution in [2.75, 3.05) is 6.61 Å². The quantitative estimate of drug-likeness (QED) is 0.599. The highest BCUT2D eigenvalue weighted by Gasteiger charge is 2.22. The predicted octanol–water partition coefficient (Wildman–Crippen LogP) is 3.24. The van der Waals surface area contributed by atoms with Crippen molar-refractivity contribution >= 4 is 0 Å². The van der Waals surface area contributed by atoms with Gasteiger partial charge < -0.3 is 4.74 Å². The molecular formula is C10H22O. The standard InChI is InChI=1S/C8H16O.C2H6/c1-3-4-8-7(2)5-6-9-8;1-2/h7-8H,3-6H2,1-2H3;1-2H3. The lowest BCUT2D eigenvalue weighted by Crippen LogP contribution is -2.11. The summed E-state index contributed by atoms with van der Waals surface area (Å²) in [6.07, 6.45) is 4.36. The van der Waals surface area contributed by atoms with Gasteiger partial charge in [0.15, 0.2) is 0 Å². The first kappa shape index (κ1) is 11.0. The van der Waals surface area contributed by atoms with E-state index in [4.69, 9.17) is 4.74 Å². The van der Waals surface area contributed by atoms with Gasteiger partial charge in [-0.2, -0.15) is 0 Å². The van der Waals surface area contributed by atoms with E-state index < -0.39 is 0 Å². The molecule has 0 aromatic rings. The monoisotopic (exact) mass is 158 g/mol. The summed E-state index contributed by atoms with van der Waals surface area (Å²) >= 11 is 0. The van der Waals surface area contributed by atoms with Crippen molar-refractivity contribution in [3.63, 3.8) is 0 Å². The van der Waals surface area contributed by atoms with Gasteiger partial charge in [-0.1, -0.05) is 34.1 Å². The molecule has 0 aromatic heterocycles. The van der Waals surface area contributed by atoms with Crippen molar-refractivity contribution in [3.8, 4) is 0 Å². The molecule has 0 N–H and O–H groups in total. The van der Waals surface area contributed by atoms with Gasteiger partial charge in [0.1, 0.15) is 0 Å². The van der Waals surface area contributed by atoms with Gasteiger partial charge in [-0.15, -0.1) is 0 Å². The van der Waals surface area contributed by atoms with Gasteiger partial charge in [0, 0.05) is 6.61 Å². The van der Waals surface area contributed by atoms with Gasteiger partial charge in [-0.3, -0.25) is 0 Å². The Morgan fingerprint density at radius 3 is 2.36 bits per heavy atom. The van der Waals surface area contributed by atoms with Crippen LogP contribution in [-0.2, 0) is 4.74 Å². The first-order valence-electron chi connectivity index (χ1n) is 4.96. The van der Waals surface area contributed by atoms with Crippen LogP contribution in [0.1, 0.15) is 47.0 Å². The fraction of sp³-hybridized carbons (Fsp3) is 1.00. The molecule has 1 heteroatoms. The topological polar surface area (TPSA) is 9.23 Å². The van der Waals surface area contributed by atoms with E-state index in [9.17, 15) is 0 Å². The maximum atomic E-state index is 5.51. The van der Waals surface area contributed by atoms with Crippen LogP contribution in [0.15, 0.2) is 0 Å². The normalized spacial score (nSPS) is 29.5. The van der Waals surface area contributed by atoms with Gasteiger partial charge in [-0.25, -0.2) is 0 Å². The molecule has 1 saturated heterocycles. The van der Waals surface area contributed by atoms with E-state index >= 15 is 0 Å². The summed E-state index contributed by atoms with van der Waals surface area (Å²) in [7, 11) is 0. The van der Waals surface area contributed by atoms with Crippen LogP contribution in [0, 0.1) is 5.92 Å². The molecule has 1 aliphatic rings. The van der Waals surface area contributed by atoms with E-state index in [0.29, 0.717) is 6.10 Å². The molecule has 0 amide bonds. The van der Waals surface area contributed by atoms with Crippen molar-refractivity contribution in [2.45, 2.75) is 53.1 Å². The fourth-order valence-electron chi connectivity index (χ4n) is 1.41. The third kappa shape index (κ3) is 3.76. The van der Waals surface area contributed by atoms with Crippen LogP contribution in [0.2, 0.25) is 0 Å². The van der Waals surface area contributed by atoms with Gasteiger partial charge >= 0.3 is 0 Å². The Kier molecular flexibility index (Phi) is 6.63. The summed E-state index contributed by atoms with van der Waals surface area (Å²) in [5, 5.41) is 0. The highest BCUT2D eigenvalue weighted by atomic mass is 16.5. The summed E-state index contributed by atoms with van der Waals surface area (Å²) in [5.41, 5.74) is 0. The Balaban J connectivity index is 0.000000461. The van der Waals surface area contributed by atoms with E-state index in [-0.39, 0.29) is 0 Å². The molecule has 68 valence electrons. The molecule has 0 spiro atoms. The Labute approximate surface area is 71.1 Å². The second kappa shape index (κ2) is 6.66. The minimum Gasteiger partial charge on any atom is -0.378 e. The molecule has 2 unspecified atom stereocenters. The van der Waals surface area contributed by atoms with E-state index in [1.54, 1.807) is 0 Å². The van der Waals surface area contributed by atoms with Crippen molar-refractivity contribution in [3.05, 3.63) is 0 Å². The van der Waals surface area contributed by atoms with Crippen LogP contribution in [-0.4, -0.2) is 12.7 Å². The molecule has 1 aliphatic heterocycles. The van der Waals surface area contributed by atoms with E-state index in [2.05, 4.69) is 13.8 Å². The molecular weight excluding hydrogens is 136 g/mol. The first-order valence-corrected chi connectivity index (χ1v) is 4.96. The average Bonchev–Trinajstić information content (AvgIpc) is 2.42. The molecule has 1 fully saturated rings. The van der Waals surface area contributed by atoms with Crippen LogP contribution >= 0.6 is 0 Å². The zero-order chi connectivity index (χ0) is 8.69. The van der Waals surface area contributed by atoms with Crippen LogP contribution in [0.5, 0.6) is 0 Å². The molecule has 0 aliphatic carbocycles. The molecule has 0 radical (unpaired) electrons. The molecule has 1 heterocycles. The predicted molar refractivity (Wildman–Crippen MR) is 49.8 cm³/mol. The Bertz CT molecular complexity index is 80.9. The molecule has 2 atom stereocenters. The van der Waals surface area contributed by atoms with Crippen molar-refractivity contribution in [1.82, 2.24) is 0 Å². The highest BCUT2D eigenvalue weighted by Crippen LogP contribution is 2.23. The third-order valence-corrected chi connectivity index (χ3v) is 2.11. The van der Waals surface area contributed by atoms with Gasteiger partial charge in [0.05, 0.1) is 6.10 Å². The van der Waals surface area contributed by atoms with Crippen LogP contribution in [0.25, 0.3) is 0 Å². The lowest BCUT2D eigenvalue weighted by atomic mass is 10.0. The summed E-state index contributed by atoms with van der Waals surface area (Å²) < 4.78 is 5.51. The number of hydrogen-bond acceptors (Lipinski definition) is 1. The lowest BCUT2D eigenvalue weighted by Gasteiger charge is -2.11. The summed E-state index contributed by atoms with van der Waals surface area (Å²) in [4.78, 5) is 0. The van der Waals surface area contributed by atoms with E-state index in [1.807, 2.05) is 13.8 Å². The fourth-order valence-corrected chi connectivity index (χ4v) is 1.41. The minimum atomic E-state index is 0.579. The second-order valence-electron chi connectivity index (χ2n) is 2.96. The number of hydrogen-bond donors (Lipinski definition) is 0. The van der Waals surface area contributed by atoms with Gasteiger partial charge in [0.25, 0.3) is 0 Å². The summed E-state index contributed by atoms with van der Waals surface area (Å²) in [6.45, 7) is 9.49. The van der Waals surface area contributed by atoms with Crippen molar-refractivity contribution < 1.29 is 4.74 Å². The van der Waals surface area contributed by atoms with Crippen molar-refractivity contribution in [2.24, 2.45) is 5.92 Å². The SMILES string of the molecule is CC.CCCC1OCCC1C. The van der Waals surface area contributed by atoms with E-state index in [0.717, 1.165) is 12.5 Å². The van der Waals surface area contributed by atoms with E-state index in [1.165, 1.54) is 19.3 Å². The van der Waals surface area contributed by atoms with Crippen LogP contribution in [0.4, 0.5) is 0 Å². The molecule has 11 heavy (non-hydrogen) atoms. The molecule has 0 saturated carbocycles. The Morgan fingerprint density at radius 1 is 1.36 bits per heavy atom. The minimum absolute atomic E-state index is 0.579. The van der Waals surface area contributed by atoms with Crippen molar-refractivity contribution in [1.29, 1.82) is 0 Å². The molecule has 1 nitrogen and oxygen atoms in total. The third-order valence-electron chi connectivity index (χ3n) is 2.11. The van der Waals surface area contributed by atoms with Gasteiger partial charge in [-0.05, 0) is 18.8 Å². The average molecular weight is 158 g/mol. The maximum absolute atomic E-state index is 5.51. The number of ether oxygens (including phenoxy) is 1. The summed E-state index contributed by atoms with van der Waals surface area (Å²) in [5.74, 6) is 0.810. The highest BCUT2D eigenvalue weighted by molar-refractivity contribution is 4.71. The second-order valence-corrected chi connectivity index (χ2v) is 2.96. The van der Waals surface area contributed by atoms with Crippen LogP contribution in [0.3, 0.4) is 0 Å². The first-order chi connectivity index (χ1) is 5.34. The molecule has 0 bridgehead atoms. The zero-order valence-electron chi connectivity index (χ0n) is 8.39. The van der Waals surface area contributed by atoms with Crippen LogP contribution < -0.4 is 0 Å². The summed E-state index contributed by atoms with van der Waals surface area (Å²) in [6, 6.07) is 0. The Morgan fingerprint density at radius 2 is 2.00 bits per heavy atom. The molecule has 1 rings (SSSR count). The Hall–Kier alpha value is -0.0400. The van der Waals surface area contributed by atoms with Gasteiger partial charge in [0.2, 0.25) is 0 Å². The maximum Gasteiger partial charge on any atom is 0.0601 e. The smallest absolute Gasteiger partial charge is 0.0601 e. The zero-order valence-corrected chi connectivity index (χ0v) is 8.39. The molecule has 0 aromatic carbocycles.